The molecule has 1 aromatic heterocycles. The number of thioether (sulfide) groups is 1. The third-order valence-corrected chi connectivity index (χ3v) is 3.10. The van der Waals surface area contributed by atoms with E-state index in [2.05, 4.69) is 34.1 Å². The van der Waals surface area contributed by atoms with E-state index in [0.717, 1.165) is 18.1 Å². The van der Waals surface area contributed by atoms with Crippen LogP contribution in [0.25, 0.3) is 5.73 Å². The van der Waals surface area contributed by atoms with Gasteiger partial charge in [-0.05, 0) is 5.56 Å². The van der Waals surface area contributed by atoms with Gasteiger partial charge in [-0.15, -0.1) is 0 Å². The molecule has 0 unspecified atom stereocenters. The molecule has 0 fully saturated rings. The zero-order chi connectivity index (χ0) is 11.2. The normalized spacial score (nSPS) is 10.5. The first-order valence-corrected chi connectivity index (χ1v) is 6.20. The maximum Gasteiger partial charge on any atom is 0.222 e. The second-order valence-electron chi connectivity index (χ2n) is 3.37. The predicted molar refractivity (Wildman–Crippen MR) is 63.3 cm³/mol. The minimum Gasteiger partial charge on any atom is -0.660 e. The largest absolute Gasteiger partial charge is 0.660 e. The number of aromatic nitrogens is 2. The lowest BCUT2D eigenvalue weighted by atomic mass is 10.2. The van der Waals surface area contributed by atoms with E-state index in [-0.39, 0.29) is 5.88 Å². The fourth-order valence-electron chi connectivity index (χ4n) is 1.31. The average Bonchev–Trinajstić information content (AvgIpc) is 2.72. The molecule has 2 aromatic rings. The van der Waals surface area contributed by atoms with Gasteiger partial charge in [0, 0.05) is 5.75 Å². The smallest absolute Gasteiger partial charge is 0.222 e. The van der Waals surface area contributed by atoms with Crippen molar-refractivity contribution in [3.63, 3.8) is 0 Å². The molecule has 84 valence electrons. The zero-order valence-corrected chi connectivity index (χ0v) is 9.61. The topological polar surface area (TPSA) is 53.7 Å². The summed E-state index contributed by atoms with van der Waals surface area (Å²) in [6.07, 6.45) is 1.59. The molecule has 0 aliphatic heterocycles. The van der Waals surface area contributed by atoms with Gasteiger partial charge in [-0.2, -0.15) is 11.8 Å². The van der Waals surface area contributed by atoms with Gasteiger partial charge in [0.25, 0.3) is 0 Å². The Morgan fingerprint density at radius 1 is 1.31 bits per heavy atom. The van der Waals surface area contributed by atoms with Crippen LogP contribution in [-0.2, 0) is 12.3 Å². The van der Waals surface area contributed by atoms with Gasteiger partial charge >= 0.3 is 0 Å². The molecule has 5 heteroatoms. The van der Waals surface area contributed by atoms with E-state index >= 15 is 0 Å². The lowest BCUT2D eigenvalue weighted by Crippen LogP contribution is -2.35. The highest BCUT2D eigenvalue weighted by Gasteiger charge is 2.04. The summed E-state index contributed by atoms with van der Waals surface area (Å²) >= 11 is 1.85. The summed E-state index contributed by atoms with van der Waals surface area (Å²) in [5.41, 5.74) is 8.51. The van der Waals surface area contributed by atoms with E-state index in [9.17, 15) is 0 Å². The standard InChI is InChI=1S/C11H13N3OS/c12-11-8-14(13-15-11)6-7-16-9-10-4-2-1-3-5-10/h1-5,8,12H,6-7,9H2. The van der Waals surface area contributed by atoms with Crippen molar-refractivity contribution in [1.29, 1.82) is 0 Å². The molecule has 0 radical (unpaired) electrons. The molecule has 0 spiro atoms. The Morgan fingerprint density at radius 2 is 2.12 bits per heavy atom. The van der Waals surface area contributed by atoms with Crippen molar-refractivity contribution in [3.8, 4) is 0 Å². The van der Waals surface area contributed by atoms with Crippen molar-refractivity contribution in [1.82, 2.24) is 5.27 Å². The van der Waals surface area contributed by atoms with Crippen molar-refractivity contribution in [3.05, 3.63) is 47.8 Å². The van der Waals surface area contributed by atoms with Crippen molar-refractivity contribution in [2.75, 3.05) is 5.75 Å². The lowest BCUT2D eigenvalue weighted by molar-refractivity contribution is -0.758. The molecular formula is C11H13N3OS. The summed E-state index contributed by atoms with van der Waals surface area (Å²) in [6, 6.07) is 10.4. The minimum atomic E-state index is 0.105. The van der Waals surface area contributed by atoms with Gasteiger partial charge in [-0.1, -0.05) is 35.0 Å². The Morgan fingerprint density at radius 3 is 2.81 bits per heavy atom. The van der Waals surface area contributed by atoms with Crippen molar-refractivity contribution in [2.24, 2.45) is 0 Å². The van der Waals surface area contributed by atoms with Gasteiger partial charge in [-0.3, -0.25) is 0 Å². The number of rotatable bonds is 5. The third-order valence-electron chi connectivity index (χ3n) is 2.09. The first-order valence-electron chi connectivity index (χ1n) is 5.04. The highest BCUT2D eigenvalue weighted by Crippen LogP contribution is 2.11. The lowest BCUT2D eigenvalue weighted by Gasteiger charge is -1.97. The molecule has 0 bridgehead atoms. The molecule has 0 aliphatic rings. The van der Waals surface area contributed by atoms with Crippen LogP contribution in [0.1, 0.15) is 5.56 Å². The number of benzene rings is 1. The van der Waals surface area contributed by atoms with E-state index in [1.165, 1.54) is 5.56 Å². The predicted octanol–water partition coefficient (Wildman–Crippen LogP) is 2.58. The Labute approximate surface area is 98.4 Å². The van der Waals surface area contributed by atoms with Crippen LogP contribution in [0, 0.1) is 0 Å². The summed E-state index contributed by atoms with van der Waals surface area (Å²) < 4.78 is 6.30. The summed E-state index contributed by atoms with van der Waals surface area (Å²) in [6.45, 7) is 0.778. The van der Waals surface area contributed by atoms with Crippen LogP contribution < -0.4 is 4.68 Å². The molecule has 0 atom stereocenters. The van der Waals surface area contributed by atoms with Crippen LogP contribution in [0.5, 0.6) is 0 Å². The second-order valence-corrected chi connectivity index (χ2v) is 4.47. The molecule has 1 aromatic carbocycles. The van der Waals surface area contributed by atoms with Gasteiger partial charge in [0.1, 0.15) is 5.88 Å². The number of nitrogens with one attached hydrogen (secondary N) is 1. The van der Waals surface area contributed by atoms with Crippen molar-refractivity contribution >= 4 is 17.6 Å². The van der Waals surface area contributed by atoms with E-state index in [1.807, 2.05) is 17.8 Å². The van der Waals surface area contributed by atoms with Crippen LogP contribution in [0.4, 0.5) is 5.88 Å². The number of nitrogens with zero attached hydrogens (tertiary/aromatic N) is 2. The summed E-state index contributed by atoms with van der Waals surface area (Å²) in [7, 11) is 0. The summed E-state index contributed by atoms with van der Waals surface area (Å²) in [4.78, 5) is 0. The molecule has 0 saturated heterocycles. The van der Waals surface area contributed by atoms with E-state index in [1.54, 1.807) is 10.9 Å². The molecular weight excluding hydrogens is 222 g/mol. The zero-order valence-electron chi connectivity index (χ0n) is 8.80. The van der Waals surface area contributed by atoms with E-state index in [4.69, 9.17) is 5.73 Å². The van der Waals surface area contributed by atoms with Gasteiger partial charge in [0.2, 0.25) is 6.20 Å². The number of hydrogen-bond donors (Lipinski definition) is 0. The monoisotopic (exact) mass is 235 g/mol. The first kappa shape index (κ1) is 11.0. The molecule has 0 aliphatic carbocycles. The molecule has 16 heavy (non-hydrogen) atoms. The third kappa shape index (κ3) is 3.27. The fraction of sp³-hybridized carbons (Fsp3) is 0.273. The van der Waals surface area contributed by atoms with Gasteiger partial charge in [0.15, 0.2) is 11.8 Å². The summed E-state index contributed by atoms with van der Waals surface area (Å²) in [5.74, 6) is 2.08. The SMILES string of the molecule is [NH-]c1c[n+](CCSCc2ccccc2)no1. The molecule has 1 heterocycles. The molecule has 2 rings (SSSR count). The average molecular weight is 235 g/mol. The van der Waals surface area contributed by atoms with Crippen LogP contribution in [0.2, 0.25) is 0 Å². The van der Waals surface area contributed by atoms with E-state index < -0.39 is 0 Å². The Kier molecular flexibility index (Phi) is 3.82. The Hall–Kier alpha value is -1.49. The molecule has 1 N–H and O–H groups in total. The van der Waals surface area contributed by atoms with Crippen molar-refractivity contribution in [2.45, 2.75) is 12.3 Å². The Balaban J connectivity index is 1.69. The first-order chi connectivity index (χ1) is 7.84. The second kappa shape index (κ2) is 5.55. The van der Waals surface area contributed by atoms with Gasteiger partial charge in [-0.25, -0.2) is 0 Å². The number of aryl methyl sites for hydroxylation is 1. The highest BCUT2D eigenvalue weighted by atomic mass is 32.2. The van der Waals surface area contributed by atoms with E-state index in [0.29, 0.717) is 0 Å². The van der Waals surface area contributed by atoms with Crippen LogP contribution >= 0.6 is 11.8 Å². The Bertz CT molecular complexity index is 430. The highest BCUT2D eigenvalue weighted by molar-refractivity contribution is 7.98. The fourth-order valence-corrected chi connectivity index (χ4v) is 2.20. The van der Waals surface area contributed by atoms with Crippen LogP contribution in [0.15, 0.2) is 41.1 Å². The summed E-state index contributed by atoms with van der Waals surface area (Å²) in [5, 5.41) is 3.70. The quantitative estimate of drug-likeness (QED) is 0.591. The van der Waals surface area contributed by atoms with Crippen LogP contribution in [-0.4, -0.2) is 11.0 Å². The molecule has 0 amide bonds. The van der Waals surface area contributed by atoms with Gasteiger partial charge < -0.3 is 10.3 Å². The molecule has 4 nitrogen and oxygen atoms in total. The van der Waals surface area contributed by atoms with Crippen molar-refractivity contribution < 1.29 is 9.20 Å². The minimum absolute atomic E-state index is 0.105. The van der Waals surface area contributed by atoms with Crippen LogP contribution in [0.3, 0.4) is 0 Å². The maximum atomic E-state index is 7.17. The molecule has 0 saturated carbocycles. The van der Waals surface area contributed by atoms with Gasteiger partial charge in [0.05, 0.1) is 5.75 Å². The maximum absolute atomic E-state index is 7.17. The number of hydrogen-bond acceptors (Lipinski definition) is 3.